The van der Waals surface area contributed by atoms with Gasteiger partial charge >= 0.3 is 0 Å². The van der Waals surface area contributed by atoms with Crippen LogP contribution in [0.4, 0.5) is 11.4 Å². The molecule has 0 radical (unpaired) electrons. The van der Waals surface area contributed by atoms with Crippen molar-refractivity contribution in [2.24, 2.45) is 0 Å². The minimum Gasteiger partial charge on any atom is -0.495 e. The molecule has 1 aliphatic rings. The van der Waals surface area contributed by atoms with Crippen LogP contribution in [0, 0.1) is 0 Å². The fraction of sp³-hybridized carbons (Fsp3) is 0.500. The summed E-state index contributed by atoms with van der Waals surface area (Å²) in [6, 6.07) is 5.29. The van der Waals surface area contributed by atoms with Crippen molar-refractivity contribution in [3.8, 4) is 5.75 Å². The van der Waals surface area contributed by atoms with E-state index in [9.17, 15) is 0 Å². The molecule has 4 nitrogen and oxygen atoms in total. The molecule has 88 valence electrons. The molecular weight excluding hydrogens is 202 g/mol. The van der Waals surface area contributed by atoms with E-state index in [-0.39, 0.29) is 5.75 Å². The van der Waals surface area contributed by atoms with Crippen LogP contribution in [0.2, 0.25) is 0 Å². The number of ether oxygens (including phenoxy) is 1. The standard InChI is InChI=1S/C12H19N3O/c1-14-5-7-15(8-6-14)10-3-4-11(13)12(9-10)16-2/h3-4,9H,5-8,13H2,1-2H3/i2D3. The van der Waals surface area contributed by atoms with Gasteiger partial charge in [-0.3, -0.25) is 0 Å². The number of anilines is 2. The Morgan fingerprint density at radius 2 is 2.06 bits per heavy atom. The smallest absolute Gasteiger partial charge is 0.143 e. The van der Waals surface area contributed by atoms with Crippen LogP contribution < -0.4 is 15.4 Å². The summed E-state index contributed by atoms with van der Waals surface area (Å²) in [5.74, 6) is 0.219. The normalized spacial score (nSPS) is 21.1. The van der Waals surface area contributed by atoms with Gasteiger partial charge in [-0.15, -0.1) is 0 Å². The Hall–Kier alpha value is -1.42. The van der Waals surface area contributed by atoms with Crippen LogP contribution in [0.5, 0.6) is 5.75 Å². The number of hydrogen-bond donors (Lipinski definition) is 1. The van der Waals surface area contributed by atoms with Gasteiger partial charge in [0.25, 0.3) is 0 Å². The van der Waals surface area contributed by atoms with Crippen molar-refractivity contribution in [3.05, 3.63) is 18.2 Å². The number of methoxy groups -OCH3 is 1. The van der Waals surface area contributed by atoms with Crippen LogP contribution in [0.1, 0.15) is 4.11 Å². The van der Waals surface area contributed by atoms with Gasteiger partial charge in [-0.05, 0) is 19.2 Å². The van der Waals surface area contributed by atoms with Crippen LogP contribution in [-0.4, -0.2) is 45.2 Å². The molecule has 0 saturated carbocycles. The van der Waals surface area contributed by atoms with Gasteiger partial charge in [0, 0.05) is 37.9 Å². The lowest BCUT2D eigenvalue weighted by atomic mass is 10.2. The molecule has 1 aliphatic heterocycles. The van der Waals surface area contributed by atoms with Gasteiger partial charge in [-0.25, -0.2) is 0 Å². The van der Waals surface area contributed by atoms with Crippen LogP contribution in [0.25, 0.3) is 0 Å². The molecule has 0 spiro atoms. The van der Waals surface area contributed by atoms with E-state index in [2.05, 4.69) is 16.8 Å². The first-order valence-electron chi connectivity index (χ1n) is 6.87. The summed E-state index contributed by atoms with van der Waals surface area (Å²) < 4.78 is 26.4. The summed E-state index contributed by atoms with van der Waals surface area (Å²) in [5.41, 5.74) is 7.03. The van der Waals surface area contributed by atoms with Gasteiger partial charge in [0.1, 0.15) is 5.75 Å². The molecule has 0 aliphatic carbocycles. The molecule has 0 amide bonds. The lowest BCUT2D eigenvalue weighted by Gasteiger charge is -2.34. The molecule has 0 unspecified atom stereocenters. The number of likely N-dealkylation sites (N-methyl/N-ethyl adjacent to an activating group) is 1. The first-order valence-corrected chi connectivity index (χ1v) is 5.37. The number of piperazine rings is 1. The third-order valence-electron chi connectivity index (χ3n) is 2.98. The van der Waals surface area contributed by atoms with Crippen molar-refractivity contribution in [2.75, 3.05) is 50.9 Å². The van der Waals surface area contributed by atoms with E-state index in [0.717, 1.165) is 31.9 Å². The predicted molar refractivity (Wildman–Crippen MR) is 67.1 cm³/mol. The molecular formula is C12H19N3O. The first kappa shape index (κ1) is 7.79. The molecule has 0 aromatic heterocycles. The average molecular weight is 224 g/mol. The van der Waals surface area contributed by atoms with Gasteiger partial charge in [-0.1, -0.05) is 0 Å². The lowest BCUT2D eigenvalue weighted by molar-refractivity contribution is 0.312. The number of nitrogens with zero attached hydrogens (tertiary/aromatic N) is 2. The minimum absolute atomic E-state index is 0.219. The fourth-order valence-electron chi connectivity index (χ4n) is 1.87. The number of benzene rings is 1. The second kappa shape index (κ2) is 4.61. The van der Waals surface area contributed by atoms with Gasteiger partial charge in [0.15, 0.2) is 0 Å². The predicted octanol–water partition coefficient (Wildman–Crippen LogP) is 1.03. The highest BCUT2D eigenvalue weighted by Crippen LogP contribution is 2.27. The first-order chi connectivity index (χ1) is 8.85. The van der Waals surface area contributed by atoms with Gasteiger partial charge in [-0.2, -0.15) is 0 Å². The Balaban J connectivity index is 2.16. The third-order valence-corrected chi connectivity index (χ3v) is 2.98. The summed E-state index contributed by atoms with van der Waals surface area (Å²) in [5, 5.41) is 0. The number of hydrogen-bond acceptors (Lipinski definition) is 4. The maximum absolute atomic E-state index is 7.14. The largest absolute Gasteiger partial charge is 0.495 e. The highest BCUT2D eigenvalue weighted by atomic mass is 16.5. The Kier molecular flexibility index (Phi) is 2.25. The molecule has 2 N–H and O–H groups in total. The fourth-order valence-corrected chi connectivity index (χ4v) is 1.87. The summed E-state index contributed by atoms with van der Waals surface area (Å²) >= 11 is 0. The van der Waals surface area contributed by atoms with E-state index < -0.39 is 7.04 Å². The van der Waals surface area contributed by atoms with E-state index >= 15 is 0 Å². The van der Waals surface area contributed by atoms with Gasteiger partial charge < -0.3 is 20.3 Å². The zero-order valence-corrected chi connectivity index (χ0v) is 9.44. The Morgan fingerprint density at radius 1 is 1.31 bits per heavy atom. The van der Waals surface area contributed by atoms with Gasteiger partial charge in [0.05, 0.1) is 16.8 Å². The van der Waals surface area contributed by atoms with E-state index in [1.165, 1.54) is 0 Å². The van der Waals surface area contributed by atoms with Crippen molar-refractivity contribution in [2.45, 2.75) is 0 Å². The van der Waals surface area contributed by atoms with Crippen molar-refractivity contribution in [1.82, 2.24) is 4.90 Å². The highest BCUT2D eigenvalue weighted by molar-refractivity contribution is 5.62. The summed E-state index contributed by atoms with van der Waals surface area (Å²) in [6.45, 7) is 3.79. The van der Waals surface area contributed by atoms with Crippen molar-refractivity contribution in [3.63, 3.8) is 0 Å². The molecule has 2 rings (SSSR count). The summed E-state index contributed by atoms with van der Waals surface area (Å²) in [6.07, 6.45) is 0. The second-order valence-corrected chi connectivity index (χ2v) is 4.11. The highest BCUT2D eigenvalue weighted by Gasteiger charge is 2.15. The van der Waals surface area contributed by atoms with Crippen LogP contribution in [0.15, 0.2) is 18.2 Å². The Morgan fingerprint density at radius 3 is 2.75 bits per heavy atom. The molecule has 1 fully saturated rings. The second-order valence-electron chi connectivity index (χ2n) is 4.11. The van der Waals surface area contributed by atoms with Crippen LogP contribution in [0.3, 0.4) is 0 Å². The number of nitrogen functional groups attached to an aromatic ring is 1. The molecule has 1 aromatic rings. The molecule has 1 saturated heterocycles. The van der Waals surface area contributed by atoms with E-state index in [1.807, 2.05) is 6.07 Å². The van der Waals surface area contributed by atoms with Gasteiger partial charge in [0.2, 0.25) is 0 Å². The quantitative estimate of drug-likeness (QED) is 0.762. The number of rotatable bonds is 2. The monoisotopic (exact) mass is 224 g/mol. The zero-order chi connectivity index (χ0) is 14.0. The molecule has 16 heavy (non-hydrogen) atoms. The van der Waals surface area contributed by atoms with Crippen LogP contribution >= 0.6 is 0 Å². The van der Waals surface area contributed by atoms with Crippen molar-refractivity contribution < 1.29 is 8.85 Å². The zero-order valence-electron chi connectivity index (χ0n) is 12.4. The van der Waals surface area contributed by atoms with Crippen LogP contribution in [-0.2, 0) is 0 Å². The SMILES string of the molecule is [2H]C([2H])([2H])Oc1cc(N2CCN(C)CC2)ccc1N. The lowest BCUT2D eigenvalue weighted by Crippen LogP contribution is -2.44. The van der Waals surface area contributed by atoms with E-state index in [1.54, 1.807) is 12.1 Å². The average Bonchev–Trinajstić information content (AvgIpc) is 2.31. The van der Waals surface area contributed by atoms with Crippen molar-refractivity contribution >= 4 is 11.4 Å². The Labute approximate surface area is 101 Å². The molecule has 4 heteroatoms. The summed E-state index contributed by atoms with van der Waals surface area (Å²) in [4.78, 5) is 4.46. The molecule has 1 aromatic carbocycles. The number of nitrogens with two attached hydrogens (primary N) is 1. The maximum atomic E-state index is 7.14. The molecule has 0 bridgehead atoms. The minimum atomic E-state index is -2.48. The van der Waals surface area contributed by atoms with E-state index in [4.69, 9.17) is 14.6 Å². The van der Waals surface area contributed by atoms with Crippen molar-refractivity contribution in [1.29, 1.82) is 0 Å². The third kappa shape index (κ3) is 2.22. The molecule has 1 heterocycles. The molecule has 0 atom stereocenters. The maximum Gasteiger partial charge on any atom is 0.143 e. The topological polar surface area (TPSA) is 41.7 Å². The summed E-state index contributed by atoms with van der Waals surface area (Å²) in [7, 11) is -0.391. The Bertz CT molecular complexity index is 442. The van der Waals surface area contributed by atoms with E-state index in [0.29, 0.717) is 5.69 Å².